The zero-order valence-electron chi connectivity index (χ0n) is 7.20. The Hall–Kier alpha value is -0.900. The smallest absolute Gasteiger partial charge is 0.303 e. The van der Waals surface area contributed by atoms with Crippen LogP contribution in [0.2, 0.25) is 0 Å². The molecule has 1 unspecified atom stereocenters. The molecule has 0 aromatic carbocycles. The second-order valence-corrected chi connectivity index (χ2v) is 3.63. The van der Waals surface area contributed by atoms with Crippen molar-refractivity contribution in [3.05, 3.63) is 28.5 Å². The first kappa shape index (κ1) is 10.2. The minimum Gasteiger partial charge on any atom is -0.481 e. The Morgan fingerprint density at radius 3 is 3.00 bits per heavy atom. The second-order valence-electron chi connectivity index (χ2n) is 2.88. The predicted molar refractivity (Wildman–Crippen MR) is 52.6 cm³/mol. The molecule has 0 spiro atoms. The lowest BCUT2D eigenvalue weighted by Gasteiger charge is -2.09. The van der Waals surface area contributed by atoms with Gasteiger partial charge in [-0.05, 0) is 33.5 Å². The summed E-state index contributed by atoms with van der Waals surface area (Å²) in [6.45, 7) is 1.87. The lowest BCUT2D eigenvalue weighted by atomic mass is 10.00. The van der Waals surface area contributed by atoms with E-state index in [1.165, 1.54) is 0 Å². The lowest BCUT2D eigenvalue weighted by molar-refractivity contribution is -0.137. The normalized spacial score (nSPS) is 12.5. The SMILES string of the molecule is CC(CC(=O)O)c1cccnc1Br. The molecule has 3 nitrogen and oxygen atoms in total. The van der Waals surface area contributed by atoms with Crippen molar-refractivity contribution in [3.8, 4) is 0 Å². The van der Waals surface area contributed by atoms with Crippen molar-refractivity contribution in [1.29, 1.82) is 0 Å². The number of aromatic nitrogens is 1. The predicted octanol–water partition coefficient (Wildman–Crippen LogP) is 2.42. The van der Waals surface area contributed by atoms with Crippen LogP contribution in [-0.4, -0.2) is 16.1 Å². The summed E-state index contributed by atoms with van der Waals surface area (Å²) in [5.74, 6) is -0.802. The van der Waals surface area contributed by atoms with Gasteiger partial charge in [-0.1, -0.05) is 13.0 Å². The Bertz CT molecular complexity index is 314. The first-order chi connectivity index (χ1) is 6.11. The van der Waals surface area contributed by atoms with E-state index in [2.05, 4.69) is 20.9 Å². The van der Waals surface area contributed by atoms with Gasteiger partial charge in [-0.25, -0.2) is 4.98 Å². The van der Waals surface area contributed by atoms with E-state index >= 15 is 0 Å². The Kier molecular flexibility index (Phi) is 3.42. The van der Waals surface area contributed by atoms with Gasteiger partial charge in [-0.2, -0.15) is 0 Å². The van der Waals surface area contributed by atoms with Gasteiger partial charge >= 0.3 is 5.97 Å². The third-order valence-electron chi connectivity index (χ3n) is 1.80. The summed E-state index contributed by atoms with van der Waals surface area (Å²) in [5, 5.41) is 8.60. The monoisotopic (exact) mass is 243 g/mol. The average Bonchev–Trinajstić information content (AvgIpc) is 2.03. The Morgan fingerprint density at radius 2 is 2.46 bits per heavy atom. The summed E-state index contributed by atoms with van der Waals surface area (Å²) < 4.78 is 0.726. The highest BCUT2D eigenvalue weighted by molar-refractivity contribution is 9.10. The van der Waals surface area contributed by atoms with E-state index in [9.17, 15) is 4.79 Å². The zero-order chi connectivity index (χ0) is 9.84. The van der Waals surface area contributed by atoms with Crippen molar-refractivity contribution in [2.24, 2.45) is 0 Å². The molecule has 0 bridgehead atoms. The van der Waals surface area contributed by atoms with Crippen LogP contribution in [-0.2, 0) is 4.79 Å². The quantitative estimate of drug-likeness (QED) is 0.830. The maximum absolute atomic E-state index is 10.5. The number of carboxylic acid groups (broad SMARTS) is 1. The molecule has 1 aromatic rings. The van der Waals surface area contributed by atoms with E-state index in [1.807, 2.05) is 13.0 Å². The number of hydrogen-bond acceptors (Lipinski definition) is 2. The molecule has 1 N–H and O–H groups in total. The first-order valence-corrected chi connectivity index (χ1v) is 4.72. The van der Waals surface area contributed by atoms with Gasteiger partial charge in [0, 0.05) is 6.20 Å². The lowest BCUT2D eigenvalue weighted by Crippen LogP contribution is -2.03. The van der Waals surface area contributed by atoms with E-state index < -0.39 is 5.97 Å². The third-order valence-corrected chi connectivity index (χ3v) is 2.46. The molecule has 0 saturated carbocycles. The van der Waals surface area contributed by atoms with Gasteiger partial charge in [0.05, 0.1) is 6.42 Å². The summed E-state index contributed by atoms with van der Waals surface area (Å²) in [5.41, 5.74) is 0.935. The van der Waals surface area contributed by atoms with E-state index in [1.54, 1.807) is 12.3 Å². The maximum Gasteiger partial charge on any atom is 0.303 e. The van der Waals surface area contributed by atoms with E-state index in [-0.39, 0.29) is 12.3 Å². The molecule has 0 radical (unpaired) electrons. The minimum atomic E-state index is -0.789. The number of carboxylic acids is 1. The molecule has 1 atom stereocenters. The van der Waals surface area contributed by atoms with Crippen LogP contribution in [0.25, 0.3) is 0 Å². The molecular formula is C9H10BrNO2. The molecule has 70 valence electrons. The average molecular weight is 244 g/mol. The van der Waals surface area contributed by atoms with Crippen molar-refractivity contribution >= 4 is 21.9 Å². The number of aliphatic carboxylic acids is 1. The summed E-state index contributed by atoms with van der Waals surface area (Å²) in [4.78, 5) is 14.5. The highest BCUT2D eigenvalue weighted by atomic mass is 79.9. The highest BCUT2D eigenvalue weighted by Crippen LogP contribution is 2.24. The summed E-state index contributed by atoms with van der Waals surface area (Å²) in [6.07, 6.45) is 1.80. The Balaban J connectivity index is 2.82. The standard InChI is InChI=1S/C9H10BrNO2/c1-6(5-8(12)13)7-3-2-4-11-9(7)10/h2-4,6H,5H2,1H3,(H,12,13). The molecule has 0 aliphatic heterocycles. The molecular weight excluding hydrogens is 234 g/mol. The molecule has 0 amide bonds. The van der Waals surface area contributed by atoms with Crippen LogP contribution in [0.5, 0.6) is 0 Å². The molecule has 13 heavy (non-hydrogen) atoms. The number of nitrogens with zero attached hydrogens (tertiary/aromatic N) is 1. The number of hydrogen-bond donors (Lipinski definition) is 1. The van der Waals surface area contributed by atoms with Crippen molar-refractivity contribution in [1.82, 2.24) is 4.98 Å². The van der Waals surface area contributed by atoms with Gasteiger partial charge in [0.2, 0.25) is 0 Å². The number of carbonyl (C=O) groups is 1. The molecule has 1 rings (SSSR count). The van der Waals surface area contributed by atoms with Crippen molar-refractivity contribution in [3.63, 3.8) is 0 Å². The molecule has 0 saturated heterocycles. The van der Waals surface area contributed by atoms with Gasteiger partial charge in [0.15, 0.2) is 0 Å². The van der Waals surface area contributed by atoms with E-state index in [0.29, 0.717) is 0 Å². The van der Waals surface area contributed by atoms with Crippen LogP contribution >= 0.6 is 15.9 Å². The van der Waals surface area contributed by atoms with Crippen LogP contribution in [0.3, 0.4) is 0 Å². The fourth-order valence-electron chi connectivity index (χ4n) is 1.14. The summed E-state index contributed by atoms with van der Waals surface area (Å²) >= 11 is 3.28. The van der Waals surface area contributed by atoms with E-state index in [0.717, 1.165) is 10.2 Å². The molecule has 0 fully saturated rings. The van der Waals surface area contributed by atoms with Crippen LogP contribution in [0.15, 0.2) is 22.9 Å². The Morgan fingerprint density at radius 1 is 1.77 bits per heavy atom. The number of halogens is 1. The molecule has 1 heterocycles. The van der Waals surface area contributed by atoms with Crippen LogP contribution < -0.4 is 0 Å². The van der Waals surface area contributed by atoms with Gasteiger partial charge < -0.3 is 5.11 Å². The second kappa shape index (κ2) is 4.37. The van der Waals surface area contributed by atoms with Gasteiger partial charge in [-0.15, -0.1) is 0 Å². The summed E-state index contributed by atoms with van der Waals surface area (Å²) in [7, 11) is 0. The fraction of sp³-hybridized carbons (Fsp3) is 0.333. The minimum absolute atomic E-state index is 0.0134. The Labute approximate surface area is 84.9 Å². The van der Waals surface area contributed by atoms with Crippen LogP contribution in [0.4, 0.5) is 0 Å². The first-order valence-electron chi connectivity index (χ1n) is 3.93. The number of pyridine rings is 1. The largest absolute Gasteiger partial charge is 0.481 e. The molecule has 4 heteroatoms. The van der Waals surface area contributed by atoms with Gasteiger partial charge in [0.25, 0.3) is 0 Å². The third kappa shape index (κ3) is 2.81. The van der Waals surface area contributed by atoms with Gasteiger partial charge in [-0.3, -0.25) is 4.79 Å². The molecule has 0 aliphatic carbocycles. The highest BCUT2D eigenvalue weighted by Gasteiger charge is 2.12. The van der Waals surface area contributed by atoms with Crippen LogP contribution in [0.1, 0.15) is 24.8 Å². The van der Waals surface area contributed by atoms with Crippen molar-refractivity contribution < 1.29 is 9.90 Å². The maximum atomic E-state index is 10.5. The van der Waals surface area contributed by atoms with Crippen molar-refractivity contribution in [2.75, 3.05) is 0 Å². The molecule has 1 aromatic heterocycles. The molecule has 0 aliphatic rings. The van der Waals surface area contributed by atoms with Crippen LogP contribution in [0, 0.1) is 0 Å². The number of rotatable bonds is 3. The summed E-state index contributed by atoms with van der Waals surface area (Å²) in [6, 6.07) is 3.68. The van der Waals surface area contributed by atoms with E-state index in [4.69, 9.17) is 5.11 Å². The fourth-order valence-corrected chi connectivity index (χ4v) is 1.78. The van der Waals surface area contributed by atoms with Crippen molar-refractivity contribution in [2.45, 2.75) is 19.3 Å². The van der Waals surface area contributed by atoms with Gasteiger partial charge in [0.1, 0.15) is 4.60 Å². The zero-order valence-corrected chi connectivity index (χ0v) is 8.78. The topological polar surface area (TPSA) is 50.2 Å².